The lowest BCUT2D eigenvalue weighted by atomic mass is 9.93. The fourth-order valence-corrected chi connectivity index (χ4v) is 3.99. The Bertz CT molecular complexity index is 1030. The first-order valence-electron chi connectivity index (χ1n) is 11.0. The molecule has 3 aromatic carbocycles. The van der Waals surface area contributed by atoms with Crippen molar-refractivity contribution in [1.82, 2.24) is 10.6 Å². The smallest absolute Gasteiger partial charge is 0.358 e. The molecule has 0 saturated heterocycles. The summed E-state index contributed by atoms with van der Waals surface area (Å²) >= 11 is 0. The highest BCUT2D eigenvalue weighted by molar-refractivity contribution is 5.83. The Morgan fingerprint density at radius 1 is 0.909 bits per heavy atom. The first kappa shape index (κ1) is 24.5. The summed E-state index contributed by atoms with van der Waals surface area (Å²) in [7, 11) is 1.62. The Kier molecular flexibility index (Phi) is 8.28. The molecule has 174 valence electrons. The van der Waals surface area contributed by atoms with Crippen molar-refractivity contribution in [3.05, 3.63) is 107 Å². The summed E-state index contributed by atoms with van der Waals surface area (Å²) in [4.78, 5) is 12.7. The number of alkyl halides is 3. The monoisotopic (exact) mass is 454 g/mol. The molecule has 1 amide bonds. The van der Waals surface area contributed by atoms with Gasteiger partial charge in [0.15, 0.2) is 0 Å². The molecule has 6 heteroatoms. The van der Waals surface area contributed by atoms with E-state index in [-0.39, 0.29) is 11.9 Å². The predicted octanol–water partition coefficient (Wildman–Crippen LogP) is 6.15. The zero-order valence-corrected chi connectivity index (χ0v) is 18.8. The lowest BCUT2D eigenvalue weighted by Crippen LogP contribution is -2.38. The molecule has 0 aliphatic heterocycles. The van der Waals surface area contributed by atoms with Gasteiger partial charge in [-0.2, -0.15) is 13.2 Å². The van der Waals surface area contributed by atoms with Gasteiger partial charge in [-0.05, 0) is 60.6 Å². The minimum atomic E-state index is -4.33. The first-order valence-corrected chi connectivity index (χ1v) is 11.0. The molecule has 3 rings (SSSR count). The number of rotatable bonds is 9. The zero-order chi connectivity index (χ0) is 23.8. The average molecular weight is 455 g/mol. The van der Waals surface area contributed by atoms with Crippen molar-refractivity contribution < 1.29 is 18.0 Å². The summed E-state index contributed by atoms with van der Waals surface area (Å²) in [6.07, 6.45) is -2.19. The fourth-order valence-electron chi connectivity index (χ4n) is 3.99. The van der Waals surface area contributed by atoms with Gasteiger partial charge >= 0.3 is 6.18 Å². The molecule has 2 atom stereocenters. The SMILES string of the molecule is CNC(=O)[C@H](N[C@@H](CCCc1ccc(C(F)(F)F)cc1)c1ccccc1C)c1ccccc1. The van der Waals surface area contributed by atoms with Crippen LogP contribution in [0.1, 0.15) is 52.7 Å². The van der Waals surface area contributed by atoms with E-state index in [1.54, 1.807) is 7.05 Å². The van der Waals surface area contributed by atoms with Gasteiger partial charge in [0.1, 0.15) is 6.04 Å². The Hall–Kier alpha value is -3.12. The summed E-state index contributed by atoms with van der Waals surface area (Å²) in [6, 6.07) is 22.3. The standard InChI is InChI=1S/C27H29F3N2O/c1-19-9-6-7-13-23(19)24(32-25(26(33)31-2)21-11-4-3-5-12-21)14-8-10-20-15-17-22(18-16-20)27(28,29)30/h3-7,9,11-13,15-18,24-25,32H,8,10,14H2,1-2H3,(H,31,33)/t24-,25+/m0/s1. The van der Waals surface area contributed by atoms with Crippen LogP contribution in [-0.2, 0) is 17.4 Å². The van der Waals surface area contributed by atoms with E-state index in [1.165, 1.54) is 12.1 Å². The second kappa shape index (κ2) is 11.1. The molecule has 2 N–H and O–H groups in total. The topological polar surface area (TPSA) is 41.1 Å². The van der Waals surface area contributed by atoms with Crippen molar-refractivity contribution in [2.75, 3.05) is 7.05 Å². The summed E-state index contributed by atoms with van der Waals surface area (Å²) in [5, 5.41) is 6.27. The van der Waals surface area contributed by atoms with Crippen LogP contribution >= 0.6 is 0 Å². The number of carbonyl (C=O) groups is 1. The molecule has 0 aliphatic carbocycles. The molecule has 3 aromatic rings. The number of likely N-dealkylation sites (N-methyl/N-ethyl adjacent to an activating group) is 1. The van der Waals surface area contributed by atoms with Crippen LogP contribution in [0, 0.1) is 6.92 Å². The van der Waals surface area contributed by atoms with Gasteiger partial charge in [0.25, 0.3) is 0 Å². The number of halogens is 3. The number of amides is 1. The van der Waals surface area contributed by atoms with Gasteiger partial charge in [0, 0.05) is 13.1 Å². The molecule has 0 aliphatic rings. The maximum atomic E-state index is 12.8. The van der Waals surface area contributed by atoms with E-state index in [0.29, 0.717) is 6.42 Å². The second-order valence-electron chi connectivity index (χ2n) is 8.12. The van der Waals surface area contributed by atoms with Gasteiger partial charge in [-0.3, -0.25) is 10.1 Å². The van der Waals surface area contributed by atoms with E-state index in [2.05, 4.69) is 16.7 Å². The average Bonchev–Trinajstić information content (AvgIpc) is 2.81. The fraction of sp³-hybridized carbons (Fsp3) is 0.296. The van der Waals surface area contributed by atoms with Gasteiger partial charge in [-0.1, -0.05) is 66.7 Å². The maximum Gasteiger partial charge on any atom is 0.416 e. The van der Waals surface area contributed by atoms with E-state index in [4.69, 9.17) is 0 Å². The van der Waals surface area contributed by atoms with Crippen LogP contribution in [0.4, 0.5) is 13.2 Å². The molecule has 0 bridgehead atoms. The van der Waals surface area contributed by atoms with Crippen molar-refractivity contribution in [2.24, 2.45) is 0 Å². The molecular weight excluding hydrogens is 425 g/mol. The van der Waals surface area contributed by atoms with Crippen molar-refractivity contribution >= 4 is 5.91 Å². The molecule has 0 heterocycles. The summed E-state index contributed by atoms with van der Waals surface area (Å²) < 4.78 is 38.5. The van der Waals surface area contributed by atoms with Crippen LogP contribution in [0.5, 0.6) is 0 Å². The number of benzene rings is 3. The predicted molar refractivity (Wildman–Crippen MR) is 125 cm³/mol. The van der Waals surface area contributed by atoms with Crippen LogP contribution in [-0.4, -0.2) is 13.0 Å². The molecule has 0 aromatic heterocycles. The number of hydrogen-bond donors (Lipinski definition) is 2. The third-order valence-electron chi connectivity index (χ3n) is 5.81. The van der Waals surface area contributed by atoms with E-state index >= 15 is 0 Å². The zero-order valence-electron chi connectivity index (χ0n) is 18.8. The summed E-state index contributed by atoms with van der Waals surface area (Å²) in [5.41, 5.74) is 3.32. The van der Waals surface area contributed by atoms with Crippen LogP contribution in [0.3, 0.4) is 0 Å². The summed E-state index contributed by atoms with van der Waals surface area (Å²) in [6.45, 7) is 2.04. The molecule has 0 unspecified atom stereocenters. The highest BCUT2D eigenvalue weighted by Crippen LogP contribution is 2.30. The molecule has 0 saturated carbocycles. The lowest BCUT2D eigenvalue weighted by molar-refractivity contribution is -0.137. The largest absolute Gasteiger partial charge is 0.416 e. The van der Waals surface area contributed by atoms with Gasteiger partial charge in [0.2, 0.25) is 5.91 Å². The van der Waals surface area contributed by atoms with Gasteiger partial charge in [-0.25, -0.2) is 0 Å². The minimum Gasteiger partial charge on any atom is -0.358 e. The Morgan fingerprint density at radius 2 is 1.55 bits per heavy atom. The maximum absolute atomic E-state index is 12.8. The number of nitrogens with one attached hydrogen (secondary N) is 2. The Labute approximate surface area is 193 Å². The van der Waals surface area contributed by atoms with Crippen LogP contribution in [0.25, 0.3) is 0 Å². The minimum absolute atomic E-state index is 0.0943. The first-order chi connectivity index (χ1) is 15.8. The van der Waals surface area contributed by atoms with E-state index < -0.39 is 17.8 Å². The number of aryl methyl sites for hydroxylation is 2. The normalized spacial score (nSPS) is 13.4. The molecule has 0 spiro atoms. The van der Waals surface area contributed by atoms with E-state index in [0.717, 1.165) is 47.2 Å². The van der Waals surface area contributed by atoms with Crippen LogP contribution in [0.2, 0.25) is 0 Å². The lowest BCUT2D eigenvalue weighted by Gasteiger charge is -2.27. The molecule has 0 fully saturated rings. The van der Waals surface area contributed by atoms with Crippen molar-refractivity contribution in [2.45, 2.75) is 44.4 Å². The van der Waals surface area contributed by atoms with Crippen molar-refractivity contribution in [1.29, 1.82) is 0 Å². The van der Waals surface area contributed by atoms with Crippen molar-refractivity contribution in [3.63, 3.8) is 0 Å². The van der Waals surface area contributed by atoms with E-state index in [9.17, 15) is 18.0 Å². The van der Waals surface area contributed by atoms with Crippen molar-refractivity contribution in [3.8, 4) is 0 Å². The highest BCUT2D eigenvalue weighted by Gasteiger charge is 2.30. The summed E-state index contributed by atoms with van der Waals surface area (Å²) in [5.74, 6) is -0.123. The Balaban J connectivity index is 1.77. The van der Waals surface area contributed by atoms with Gasteiger partial charge in [0.05, 0.1) is 5.56 Å². The molecule has 3 nitrogen and oxygen atoms in total. The third kappa shape index (κ3) is 6.68. The third-order valence-corrected chi connectivity index (χ3v) is 5.81. The highest BCUT2D eigenvalue weighted by atomic mass is 19.4. The number of carbonyl (C=O) groups excluding carboxylic acids is 1. The van der Waals surface area contributed by atoms with Gasteiger partial charge < -0.3 is 5.32 Å². The van der Waals surface area contributed by atoms with Crippen LogP contribution < -0.4 is 10.6 Å². The van der Waals surface area contributed by atoms with Gasteiger partial charge in [-0.15, -0.1) is 0 Å². The number of hydrogen-bond acceptors (Lipinski definition) is 2. The molecule has 33 heavy (non-hydrogen) atoms. The Morgan fingerprint density at radius 3 is 2.15 bits per heavy atom. The van der Waals surface area contributed by atoms with E-state index in [1.807, 2.05) is 55.5 Å². The quantitative estimate of drug-likeness (QED) is 0.407. The second-order valence-corrected chi connectivity index (χ2v) is 8.12. The molecule has 0 radical (unpaired) electrons. The molecular formula is C27H29F3N2O. The van der Waals surface area contributed by atoms with Crippen LogP contribution in [0.15, 0.2) is 78.9 Å².